The molecule has 3 rings (SSSR count). The van der Waals surface area contributed by atoms with E-state index in [-0.39, 0.29) is 30.6 Å². The van der Waals surface area contributed by atoms with Gasteiger partial charge in [0.05, 0.1) is 26.2 Å². The molecule has 1 spiro atoms. The van der Waals surface area contributed by atoms with Crippen LogP contribution in [0.1, 0.15) is 18.4 Å². The van der Waals surface area contributed by atoms with E-state index in [1.807, 2.05) is 0 Å². The fourth-order valence-electron chi connectivity index (χ4n) is 3.02. The molecule has 1 aromatic carbocycles. The Morgan fingerprint density at radius 3 is 2.38 bits per heavy atom. The Labute approximate surface area is 139 Å². The highest BCUT2D eigenvalue weighted by Crippen LogP contribution is 2.31. The van der Waals surface area contributed by atoms with Gasteiger partial charge in [0, 0.05) is 25.9 Å². The van der Waals surface area contributed by atoms with Crippen LogP contribution in [0.3, 0.4) is 0 Å². The van der Waals surface area contributed by atoms with Crippen LogP contribution in [0.4, 0.5) is 4.39 Å². The average molecular weight is 336 g/mol. The molecule has 2 amide bonds. The lowest BCUT2D eigenvalue weighted by Gasteiger charge is -2.37. The SMILES string of the molecule is O=C(Cc1ccc(F)cc1)NCC(=O)N1CCC2(CC1)OCCO2. The number of piperidine rings is 1. The van der Waals surface area contributed by atoms with E-state index in [1.165, 1.54) is 12.1 Å². The maximum absolute atomic E-state index is 12.8. The molecule has 1 N–H and O–H groups in total. The lowest BCUT2D eigenvalue weighted by Crippen LogP contribution is -2.49. The first-order valence-corrected chi connectivity index (χ1v) is 8.13. The van der Waals surface area contributed by atoms with Gasteiger partial charge in [0.25, 0.3) is 0 Å². The Hall–Kier alpha value is -1.99. The van der Waals surface area contributed by atoms with Crippen molar-refractivity contribution in [2.45, 2.75) is 25.0 Å². The zero-order chi connectivity index (χ0) is 17.0. The first-order valence-electron chi connectivity index (χ1n) is 8.13. The van der Waals surface area contributed by atoms with Crippen molar-refractivity contribution in [3.63, 3.8) is 0 Å². The second kappa shape index (κ2) is 7.27. The quantitative estimate of drug-likeness (QED) is 0.885. The fourth-order valence-corrected chi connectivity index (χ4v) is 3.02. The summed E-state index contributed by atoms with van der Waals surface area (Å²) < 4.78 is 24.1. The highest BCUT2D eigenvalue weighted by molar-refractivity contribution is 5.85. The highest BCUT2D eigenvalue weighted by atomic mass is 19.1. The minimum Gasteiger partial charge on any atom is -0.347 e. The molecule has 2 saturated heterocycles. The Morgan fingerprint density at radius 2 is 1.75 bits per heavy atom. The summed E-state index contributed by atoms with van der Waals surface area (Å²) in [5.41, 5.74) is 0.705. The Kier molecular flexibility index (Phi) is 5.11. The Balaban J connectivity index is 1.40. The molecule has 0 unspecified atom stereocenters. The van der Waals surface area contributed by atoms with Gasteiger partial charge in [-0.15, -0.1) is 0 Å². The largest absolute Gasteiger partial charge is 0.347 e. The number of amides is 2. The molecule has 130 valence electrons. The number of ether oxygens (including phenoxy) is 2. The normalized spacial score (nSPS) is 19.5. The van der Waals surface area contributed by atoms with Gasteiger partial charge in [-0.05, 0) is 17.7 Å². The van der Waals surface area contributed by atoms with Crippen molar-refractivity contribution in [3.05, 3.63) is 35.6 Å². The standard InChI is InChI=1S/C17H21FN2O4/c18-14-3-1-13(2-4-14)11-15(21)19-12-16(22)20-7-5-17(6-8-20)23-9-10-24-17/h1-4H,5-12H2,(H,19,21). The molecule has 2 aliphatic heterocycles. The van der Waals surface area contributed by atoms with Crippen LogP contribution >= 0.6 is 0 Å². The number of rotatable bonds is 4. The minimum absolute atomic E-state index is 0.0330. The first-order chi connectivity index (χ1) is 11.6. The van der Waals surface area contributed by atoms with Crippen molar-refractivity contribution in [2.75, 3.05) is 32.8 Å². The van der Waals surface area contributed by atoms with Gasteiger partial charge < -0.3 is 19.7 Å². The summed E-state index contributed by atoms with van der Waals surface area (Å²) in [6.07, 6.45) is 1.43. The molecule has 0 radical (unpaired) electrons. The number of nitrogens with zero attached hydrogens (tertiary/aromatic N) is 1. The summed E-state index contributed by atoms with van der Waals surface area (Å²) in [4.78, 5) is 25.8. The number of halogens is 1. The van der Waals surface area contributed by atoms with E-state index < -0.39 is 5.79 Å². The molecule has 0 aromatic heterocycles. The van der Waals surface area contributed by atoms with E-state index in [0.717, 1.165) is 0 Å². The average Bonchev–Trinajstić information content (AvgIpc) is 3.03. The highest BCUT2D eigenvalue weighted by Gasteiger charge is 2.40. The van der Waals surface area contributed by atoms with Crippen LogP contribution in [0.5, 0.6) is 0 Å². The fraction of sp³-hybridized carbons (Fsp3) is 0.529. The smallest absolute Gasteiger partial charge is 0.241 e. The summed E-state index contributed by atoms with van der Waals surface area (Å²) >= 11 is 0. The number of nitrogens with one attached hydrogen (secondary N) is 1. The van der Waals surface area contributed by atoms with Gasteiger partial charge >= 0.3 is 0 Å². The van der Waals surface area contributed by atoms with Crippen LogP contribution < -0.4 is 5.32 Å². The molecular formula is C17H21FN2O4. The van der Waals surface area contributed by atoms with E-state index in [4.69, 9.17) is 9.47 Å². The molecule has 1 aromatic rings. The molecule has 2 fully saturated rings. The van der Waals surface area contributed by atoms with Crippen molar-refractivity contribution in [1.29, 1.82) is 0 Å². The predicted octanol–water partition coefficient (Wildman–Crippen LogP) is 0.850. The van der Waals surface area contributed by atoms with E-state index in [9.17, 15) is 14.0 Å². The molecule has 0 saturated carbocycles. The zero-order valence-electron chi connectivity index (χ0n) is 13.4. The van der Waals surface area contributed by atoms with E-state index in [0.29, 0.717) is 44.7 Å². The molecule has 0 aliphatic carbocycles. The topological polar surface area (TPSA) is 67.9 Å². The maximum atomic E-state index is 12.8. The van der Waals surface area contributed by atoms with Crippen molar-refractivity contribution in [1.82, 2.24) is 10.2 Å². The second-order valence-electron chi connectivity index (χ2n) is 6.07. The van der Waals surface area contributed by atoms with E-state index in [2.05, 4.69) is 5.32 Å². The van der Waals surface area contributed by atoms with Gasteiger partial charge in [0.2, 0.25) is 11.8 Å². The van der Waals surface area contributed by atoms with E-state index in [1.54, 1.807) is 17.0 Å². The molecule has 2 heterocycles. The molecule has 2 aliphatic rings. The number of benzene rings is 1. The third kappa shape index (κ3) is 4.10. The molecule has 24 heavy (non-hydrogen) atoms. The van der Waals surface area contributed by atoms with Gasteiger partial charge in [-0.2, -0.15) is 0 Å². The summed E-state index contributed by atoms with van der Waals surface area (Å²) in [5, 5.41) is 2.62. The Bertz CT molecular complexity index is 589. The number of likely N-dealkylation sites (tertiary alicyclic amines) is 1. The van der Waals surface area contributed by atoms with Crippen molar-refractivity contribution < 1.29 is 23.5 Å². The van der Waals surface area contributed by atoms with Crippen LogP contribution in [-0.4, -0.2) is 55.3 Å². The van der Waals surface area contributed by atoms with Gasteiger partial charge in [-0.3, -0.25) is 9.59 Å². The molecule has 7 heteroatoms. The first kappa shape index (κ1) is 16.9. The summed E-state index contributed by atoms with van der Waals surface area (Å²) in [5.74, 6) is -1.23. The zero-order valence-corrected chi connectivity index (χ0v) is 13.4. The summed E-state index contributed by atoms with van der Waals surface area (Å²) in [6, 6.07) is 5.74. The minimum atomic E-state index is -0.511. The number of hydrogen-bond acceptors (Lipinski definition) is 4. The van der Waals surface area contributed by atoms with Gasteiger partial charge in [0.1, 0.15) is 5.82 Å². The summed E-state index contributed by atoms with van der Waals surface area (Å²) in [7, 11) is 0. The molecule has 6 nitrogen and oxygen atoms in total. The summed E-state index contributed by atoms with van der Waals surface area (Å²) in [6.45, 7) is 2.30. The number of carbonyl (C=O) groups excluding carboxylic acids is 2. The van der Waals surface area contributed by atoms with Gasteiger partial charge in [-0.25, -0.2) is 4.39 Å². The van der Waals surface area contributed by atoms with Crippen LogP contribution in [0.25, 0.3) is 0 Å². The maximum Gasteiger partial charge on any atom is 0.241 e. The van der Waals surface area contributed by atoms with Gasteiger partial charge in [-0.1, -0.05) is 12.1 Å². The third-order valence-electron chi connectivity index (χ3n) is 4.41. The van der Waals surface area contributed by atoms with E-state index >= 15 is 0 Å². The second-order valence-corrected chi connectivity index (χ2v) is 6.07. The lowest BCUT2D eigenvalue weighted by atomic mass is 10.0. The molecule has 0 atom stereocenters. The van der Waals surface area contributed by atoms with Crippen molar-refractivity contribution in [3.8, 4) is 0 Å². The number of carbonyl (C=O) groups is 2. The Morgan fingerprint density at radius 1 is 1.12 bits per heavy atom. The molecule has 0 bridgehead atoms. The lowest BCUT2D eigenvalue weighted by molar-refractivity contribution is -0.187. The third-order valence-corrected chi connectivity index (χ3v) is 4.41. The predicted molar refractivity (Wildman–Crippen MR) is 83.6 cm³/mol. The van der Waals surface area contributed by atoms with Crippen molar-refractivity contribution in [2.24, 2.45) is 0 Å². The van der Waals surface area contributed by atoms with Crippen LogP contribution in [0.2, 0.25) is 0 Å². The van der Waals surface area contributed by atoms with Crippen LogP contribution in [0, 0.1) is 5.82 Å². The van der Waals surface area contributed by atoms with Crippen molar-refractivity contribution >= 4 is 11.8 Å². The van der Waals surface area contributed by atoms with Crippen LogP contribution in [-0.2, 0) is 25.5 Å². The number of hydrogen-bond donors (Lipinski definition) is 1. The molecular weight excluding hydrogens is 315 g/mol. The monoisotopic (exact) mass is 336 g/mol. The van der Waals surface area contributed by atoms with Crippen LogP contribution in [0.15, 0.2) is 24.3 Å². The van der Waals surface area contributed by atoms with Gasteiger partial charge in [0.15, 0.2) is 5.79 Å².